The number of aryl methyl sites for hydroxylation is 1. The number of anilines is 1. The monoisotopic (exact) mass is 408 g/mol. The number of H-pyrrole nitrogens is 1. The second-order valence-electron chi connectivity index (χ2n) is 6.86. The van der Waals surface area contributed by atoms with Gasteiger partial charge in [-0.05, 0) is 24.1 Å². The van der Waals surface area contributed by atoms with Crippen LogP contribution in [0.15, 0.2) is 53.8 Å². The molecule has 2 aromatic heterocycles. The van der Waals surface area contributed by atoms with Gasteiger partial charge in [0.2, 0.25) is 11.1 Å². The molecule has 1 saturated heterocycles. The molecule has 0 unspecified atom stereocenters. The van der Waals surface area contributed by atoms with Crippen molar-refractivity contribution in [1.82, 2.24) is 25.1 Å². The van der Waals surface area contributed by atoms with E-state index in [0.29, 0.717) is 24.0 Å². The fraction of sp³-hybridized carbons (Fsp3) is 0.333. The number of rotatable bonds is 6. The Morgan fingerprint density at radius 3 is 2.59 bits per heavy atom. The van der Waals surface area contributed by atoms with E-state index >= 15 is 0 Å². The topological polar surface area (TPSA) is 78.0 Å². The summed E-state index contributed by atoms with van der Waals surface area (Å²) in [7, 11) is 0. The zero-order valence-corrected chi connectivity index (χ0v) is 17.2. The molecule has 7 nitrogen and oxygen atoms in total. The van der Waals surface area contributed by atoms with Crippen LogP contribution < -0.4 is 4.90 Å². The summed E-state index contributed by atoms with van der Waals surface area (Å²) in [6, 6.07) is 14.2. The molecule has 0 aliphatic carbocycles. The minimum atomic E-state index is 0.120. The van der Waals surface area contributed by atoms with E-state index < -0.39 is 0 Å². The van der Waals surface area contributed by atoms with Crippen molar-refractivity contribution in [2.45, 2.75) is 18.5 Å². The van der Waals surface area contributed by atoms with Gasteiger partial charge in [0.05, 0.1) is 5.75 Å². The fourth-order valence-corrected chi connectivity index (χ4v) is 3.98. The number of hydrogen-bond donors (Lipinski definition) is 1. The van der Waals surface area contributed by atoms with Crippen molar-refractivity contribution in [3.05, 3.63) is 54.2 Å². The number of nitrogens with zero attached hydrogens (tertiary/aromatic N) is 5. The van der Waals surface area contributed by atoms with Gasteiger partial charge in [0.25, 0.3) is 0 Å². The summed E-state index contributed by atoms with van der Waals surface area (Å²) in [4.78, 5) is 25.6. The molecule has 0 saturated carbocycles. The van der Waals surface area contributed by atoms with Crippen LogP contribution in [0.2, 0.25) is 0 Å². The first-order valence-electron chi connectivity index (χ1n) is 9.81. The summed E-state index contributed by atoms with van der Waals surface area (Å²) in [6.45, 7) is 5.14. The van der Waals surface area contributed by atoms with E-state index in [9.17, 15) is 4.79 Å². The molecule has 3 aromatic rings. The maximum absolute atomic E-state index is 12.6. The molecule has 8 heteroatoms. The van der Waals surface area contributed by atoms with Crippen molar-refractivity contribution < 1.29 is 4.79 Å². The molecule has 1 aromatic carbocycles. The minimum Gasteiger partial charge on any atom is -0.353 e. The predicted molar refractivity (Wildman–Crippen MR) is 115 cm³/mol. The molecular weight excluding hydrogens is 384 g/mol. The zero-order chi connectivity index (χ0) is 20.1. The number of carbonyl (C=O) groups is 1. The van der Waals surface area contributed by atoms with Crippen LogP contribution in [0.4, 0.5) is 5.82 Å². The molecule has 1 aliphatic heterocycles. The van der Waals surface area contributed by atoms with E-state index in [1.54, 1.807) is 6.20 Å². The average Bonchev–Trinajstić information content (AvgIpc) is 3.27. The summed E-state index contributed by atoms with van der Waals surface area (Å²) in [5.74, 6) is 2.16. The molecular formula is C21H24N6OS. The number of amides is 1. The lowest BCUT2D eigenvalue weighted by atomic mass is 10.1. The fourth-order valence-electron chi connectivity index (χ4n) is 3.28. The van der Waals surface area contributed by atoms with Crippen molar-refractivity contribution in [3.63, 3.8) is 0 Å². The highest BCUT2D eigenvalue weighted by molar-refractivity contribution is 7.99. The van der Waals surface area contributed by atoms with Crippen LogP contribution in [-0.2, 0) is 11.2 Å². The van der Waals surface area contributed by atoms with Gasteiger partial charge in [-0.2, -0.15) is 0 Å². The number of thioether (sulfide) groups is 1. The van der Waals surface area contributed by atoms with Gasteiger partial charge in [0.1, 0.15) is 5.82 Å². The SMILES string of the molecule is CCc1ccc(-c2nc(SCC(=O)N3CCN(c4ccccn4)CC3)n[nH]2)cc1. The van der Waals surface area contributed by atoms with Gasteiger partial charge in [-0.3, -0.25) is 9.89 Å². The first-order valence-corrected chi connectivity index (χ1v) is 10.8. The number of pyridine rings is 1. The smallest absolute Gasteiger partial charge is 0.233 e. The molecule has 3 heterocycles. The Kier molecular flexibility index (Phi) is 6.09. The lowest BCUT2D eigenvalue weighted by Crippen LogP contribution is -2.49. The summed E-state index contributed by atoms with van der Waals surface area (Å²) in [5.41, 5.74) is 2.29. The van der Waals surface area contributed by atoms with E-state index in [1.807, 2.05) is 35.2 Å². The third-order valence-electron chi connectivity index (χ3n) is 5.03. The predicted octanol–water partition coefficient (Wildman–Crippen LogP) is 2.87. The van der Waals surface area contributed by atoms with Crippen molar-refractivity contribution in [3.8, 4) is 11.4 Å². The first kappa shape index (κ1) is 19.4. The quantitative estimate of drug-likeness (QED) is 0.632. The maximum Gasteiger partial charge on any atom is 0.233 e. The summed E-state index contributed by atoms with van der Waals surface area (Å²) in [5, 5.41) is 7.81. The van der Waals surface area contributed by atoms with Crippen molar-refractivity contribution in [1.29, 1.82) is 0 Å². The average molecular weight is 409 g/mol. The van der Waals surface area contributed by atoms with Gasteiger partial charge in [-0.1, -0.05) is 49.0 Å². The molecule has 29 heavy (non-hydrogen) atoms. The molecule has 1 amide bonds. The van der Waals surface area contributed by atoms with Crippen LogP contribution in [0.25, 0.3) is 11.4 Å². The molecule has 0 spiro atoms. The largest absolute Gasteiger partial charge is 0.353 e. The molecule has 1 fully saturated rings. The third-order valence-corrected chi connectivity index (χ3v) is 5.86. The standard InChI is InChI=1S/C21H24N6OS/c1-2-16-6-8-17(9-7-16)20-23-21(25-24-20)29-15-19(28)27-13-11-26(12-14-27)18-5-3-4-10-22-18/h3-10H,2,11-15H2,1H3,(H,23,24,25). The van der Waals surface area contributed by atoms with Crippen LogP contribution in [0.1, 0.15) is 12.5 Å². The van der Waals surface area contributed by atoms with Crippen LogP contribution in [0.3, 0.4) is 0 Å². The number of aromatic amines is 1. The molecule has 1 N–H and O–H groups in total. The van der Waals surface area contributed by atoms with E-state index in [2.05, 4.69) is 44.1 Å². The summed E-state index contributed by atoms with van der Waals surface area (Å²) >= 11 is 1.37. The number of nitrogens with one attached hydrogen (secondary N) is 1. The van der Waals surface area contributed by atoms with Gasteiger partial charge in [0, 0.05) is 37.9 Å². The van der Waals surface area contributed by atoms with Gasteiger partial charge >= 0.3 is 0 Å². The Bertz CT molecular complexity index is 935. The molecule has 0 bridgehead atoms. The first-order chi connectivity index (χ1) is 14.2. The molecule has 150 valence electrons. The van der Waals surface area contributed by atoms with Gasteiger partial charge < -0.3 is 9.80 Å². The maximum atomic E-state index is 12.6. The third kappa shape index (κ3) is 4.76. The summed E-state index contributed by atoms with van der Waals surface area (Å²) < 4.78 is 0. The Hall–Kier alpha value is -2.87. The Morgan fingerprint density at radius 2 is 1.90 bits per heavy atom. The highest BCUT2D eigenvalue weighted by atomic mass is 32.2. The molecule has 0 radical (unpaired) electrons. The normalized spacial score (nSPS) is 14.2. The summed E-state index contributed by atoms with van der Waals surface area (Å²) in [6.07, 6.45) is 2.81. The minimum absolute atomic E-state index is 0.120. The number of hydrogen-bond acceptors (Lipinski definition) is 6. The van der Waals surface area contributed by atoms with Gasteiger partial charge in [0.15, 0.2) is 5.82 Å². The van der Waals surface area contributed by atoms with Crippen molar-refractivity contribution in [2.24, 2.45) is 0 Å². The van der Waals surface area contributed by atoms with E-state index in [1.165, 1.54) is 17.3 Å². The Labute approximate surface area is 174 Å². The van der Waals surface area contributed by atoms with Gasteiger partial charge in [-0.15, -0.1) is 5.10 Å². The van der Waals surface area contributed by atoms with Crippen molar-refractivity contribution >= 4 is 23.5 Å². The molecule has 1 aliphatic rings. The van der Waals surface area contributed by atoms with Gasteiger partial charge in [-0.25, -0.2) is 9.97 Å². The van der Waals surface area contributed by atoms with Crippen LogP contribution in [0.5, 0.6) is 0 Å². The van der Waals surface area contributed by atoms with E-state index in [4.69, 9.17) is 0 Å². The zero-order valence-electron chi connectivity index (χ0n) is 16.4. The molecule has 4 rings (SSSR count). The highest BCUT2D eigenvalue weighted by Crippen LogP contribution is 2.21. The van der Waals surface area contributed by atoms with Crippen LogP contribution in [-0.4, -0.2) is 62.9 Å². The second-order valence-corrected chi connectivity index (χ2v) is 7.80. The van der Waals surface area contributed by atoms with E-state index in [0.717, 1.165) is 36.7 Å². The number of piperazine rings is 1. The number of aromatic nitrogens is 4. The van der Waals surface area contributed by atoms with Crippen LogP contribution >= 0.6 is 11.8 Å². The lowest BCUT2D eigenvalue weighted by molar-refractivity contribution is -0.128. The Balaban J connectivity index is 1.27. The lowest BCUT2D eigenvalue weighted by Gasteiger charge is -2.35. The van der Waals surface area contributed by atoms with E-state index in [-0.39, 0.29) is 5.91 Å². The second kappa shape index (κ2) is 9.09. The Morgan fingerprint density at radius 1 is 1.10 bits per heavy atom. The number of carbonyl (C=O) groups excluding carboxylic acids is 1. The highest BCUT2D eigenvalue weighted by Gasteiger charge is 2.22. The number of benzene rings is 1. The van der Waals surface area contributed by atoms with Crippen molar-refractivity contribution in [2.75, 3.05) is 36.8 Å². The van der Waals surface area contributed by atoms with Crippen LogP contribution in [0, 0.1) is 0 Å². The molecule has 0 atom stereocenters.